The summed E-state index contributed by atoms with van der Waals surface area (Å²) in [5.41, 5.74) is 25.0. The SMILES string of the molecule is CC[C@H](C)CC1(C[C@@H](C)CC)c2ccccc2-c2ccc(-c3ccc4c(c3)C(C[C@@H](C)CC)(C[C@@H](C)CC)c3cc(-c5ccc6c(c5)C(C[C@@H](C)CC)(C[C@@H](C)CC)c5cc(C)ccc5-6)ccc3-4)cc21. The number of fused-ring (bicyclic) bond motifs is 9. The van der Waals surface area contributed by atoms with Crippen LogP contribution in [0, 0.1) is 42.4 Å². The van der Waals surface area contributed by atoms with E-state index in [-0.39, 0.29) is 16.2 Å². The van der Waals surface area contributed by atoms with Crippen LogP contribution in [-0.4, -0.2) is 0 Å². The topological polar surface area (TPSA) is 0 Å². The van der Waals surface area contributed by atoms with Gasteiger partial charge >= 0.3 is 0 Å². The summed E-state index contributed by atoms with van der Waals surface area (Å²) in [4.78, 5) is 0. The van der Waals surface area contributed by atoms with Gasteiger partial charge in [0.1, 0.15) is 0 Å². The minimum atomic E-state index is -0.0766. The van der Waals surface area contributed by atoms with Crippen molar-refractivity contribution in [3.63, 3.8) is 0 Å². The van der Waals surface area contributed by atoms with E-state index in [4.69, 9.17) is 0 Å². The van der Waals surface area contributed by atoms with Gasteiger partial charge < -0.3 is 0 Å². The Morgan fingerprint density at radius 3 is 0.829 bits per heavy atom. The third kappa shape index (κ3) is 8.58. The Balaban J connectivity index is 1.20. The van der Waals surface area contributed by atoms with E-state index in [2.05, 4.69) is 205 Å². The maximum Gasteiger partial charge on any atom is 0.0220 e. The Morgan fingerprint density at radius 1 is 0.286 bits per heavy atom. The van der Waals surface area contributed by atoms with E-state index in [0.717, 1.165) is 0 Å². The van der Waals surface area contributed by atoms with Gasteiger partial charge in [-0.3, -0.25) is 0 Å². The average Bonchev–Trinajstić information content (AvgIpc) is 3.90. The molecule has 0 heterocycles. The summed E-state index contributed by atoms with van der Waals surface area (Å²) in [5, 5.41) is 0. The fourth-order valence-electron chi connectivity index (χ4n) is 14.3. The van der Waals surface area contributed by atoms with Crippen molar-refractivity contribution >= 4 is 0 Å². The molecule has 6 atom stereocenters. The minimum absolute atomic E-state index is 0.0142. The van der Waals surface area contributed by atoms with Gasteiger partial charge in [0.25, 0.3) is 0 Å². The molecule has 9 rings (SSSR count). The molecule has 70 heavy (non-hydrogen) atoms. The third-order valence-corrected chi connectivity index (χ3v) is 19.2. The molecular formula is C70H88. The van der Waals surface area contributed by atoms with Crippen LogP contribution in [0.4, 0.5) is 0 Å². The number of hydrogen-bond donors (Lipinski definition) is 0. The van der Waals surface area contributed by atoms with Gasteiger partial charge in [-0.1, -0.05) is 218 Å². The molecule has 368 valence electrons. The third-order valence-electron chi connectivity index (χ3n) is 19.2. The molecule has 3 aliphatic rings. The van der Waals surface area contributed by atoms with Gasteiger partial charge in [-0.2, -0.15) is 0 Å². The lowest BCUT2D eigenvalue weighted by molar-refractivity contribution is 0.308. The van der Waals surface area contributed by atoms with Crippen LogP contribution < -0.4 is 0 Å². The van der Waals surface area contributed by atoms with Crippen molar-refractivity contribution in [3.05, 3.63) is 154 Å². The fourth-order valence-corrected chi connectivity index (χ4v) is 14.3. The molecule has 3 aliphatic carbocycles. The van der Waals surface area contributed by atoms with Crippen LogP contribution in [0.1, 0.15) is 199 Å². The lowest BCUT2D eigenvalue weighted by Gasteiger charge is -2.38. The highest BCUT2D eigenvalue weighted by atomic mass is 14.5. The minimum Gasteiger partial charge on any atom is -0.0651 e. The summed E-state index contributed by atoms with van der Waals surface area (Å²) in [5.74, 6) is 3.76. The van der Waals surface area contributed by atoms with Crippen LogP contribution in [0.5, 0.6) is 0 Å². The molecule has 0 aliphatic heterocycles. The van der Waals surface area contributed by atoms with E-state index in [0.29, 0.717) is 35.5 Å². The van der Waals surface area contributed by atoms with Gasteiger partial charge in [-0.25, -0.2) is 0 Å². The van der Waals surface area contributed by atoms with Crippen molar-refractivity contribution in [2.24, 2.45) is 35.5 Å². The van der Waals surface area contributed by atoms with E-state index in [9.17, 15) is 0 Å². The Bertz CT molecular complexity index is 2790. The molecule has 0 nitrogen and oxygen atoms in total. The molecule has 6 aromatic carbocycles. The second-order valence-corrected chi connectivity index (χ2v) is 24.2. The summed E-state index contributed by atoms with van der Waals surface area (Å²) < 4.78 is 0. The normalized spacial score (nSPS) is 17.9. The van der Waals surface area contributed by atoms with Crippen LogP contribution in [0.15, 0.2) is 115 Å². The highest BCUT2D eigenvalue weighted by Crippen LogP contribution is 2.60. The number of hydrogen-bond acceptors (Lipinski definition) is 0. The van der Waals surface area contributed by atoms with Crippen molar-refractivity contribution < 1.29 is 0 Å². The van der Waals surface area contributed by atoms with Gasteiger partial charge in [0.15, 0.2) is 0 Å². The average molecular weight is 929 g/mol. The zero-order valence-electron chi connectivity index (χ0n) is 45.9. The highest BCUT2D eigenvalue weighted by molar-refractivity contribution is 5.89. The maximum atomic E-state index is 2.68. The van der Waals surface area contributed by atoms with E-state index < -0.39 is 0 Å². The van der Waals surface area contributed by atoms with Gasteiger partial charge in [0, 0.05) is 16.2 Å². The second kappa shape index (κ2) is 20.1. The number of aryl methyl sites for hydroxylation is 1. The zero-order chi connectivity index (χ0) is 49.7. The summed E-state index contributed by atoms with van der Waals surface area (Å²) in [7, 11) is 0. The summed E-state index contributed by atoms with van der Waals surface area (Å²) in [6.07, 6.45) is 14.3. The first kappa shape index (κ1) is 50.3. The number of benzene rings is 6. The van der Waals surface area contributed by atoms with Gasteiger partial charge in [0.05, 0.1) is 0 Å². The van der Waals surface area contributed by atoms with Crippen LogP contribution in [0.3, 0.4) is 0 Å². The molecule has 0 N–H and O–H groups in total. The van der Waals surface area contributed by atoms with E-state index in [1.807, 2.05) is 0 Å². The van der Waals surface area contributed by atoms with Crippen molar-refractivity contribution in [1.82, 2.24) is 0 Å². The molecule has 0 unspecified atom stereocenters. The Hall–Kier alpha value is -4.68. The second-order valence-electron chi connectivity index (χ2n) is 24.2. The number of rotatable bonds is 20. The van der Waals surface area contributed by atoms with Crippen LogP contribution in [0.25, 0.3) is 55.6 Å². The lowest BCUT2D eigenvalue weighted by Crippen LogP contribution is -2.30. The zero-order valence-corrected chi connectivity index (χ0v) is 45.9. The standard InChI is InChI=1S/C70H88/c1-14-45(7)39-68(40-46(8)15-2)62-23-21-20-22-56(62)58-30-25-52(35-64(58)68)54-27-32-60-61-33-28-55(38-67(61)70(66(60)37-54,43-49(11)18-5)44-50(12)19-6)53-26-31-59-57-29-24-51(13)34-63(57)69(65(59)36-53,41-47(9)16-3)42-48(10)17-4/h20-38,45-50H,14-19,39-44H2,1-13H3/t45-,46-,47-,48-,49-,50-/m0/s1. The Kier molecular flexibility index (Phi) is 14.4. The van der Waals surface area contributed by atoms with E-state index in [1.165, 1.54) is 138 Å². The molecule has 0 saturated carbocycles. The smallest absolute Gasteiger partial charge is 0.0220 e. The molecule has 0 spiro atoms. The van der Waals surface area contributed by atoms with Gasteiger partial charge in [0.2, 0.25) is 0 Å². The fraction of sp³-hybridized carbons (Fsp3) is 0.486. The summed E-state index contributed by atoms with van der Waals surface area (Å²) >= 11 is 0. The molecule has 0 aromatic heterocycles. The predicted octanol–water partition coefficient (Wildman–Crippen LogP) is 20.7. The molecular weight excluding hydrogens is 841 g/mol. The molecule has 0 amide bonds. The molecule has 0 saturated heterocycles. The molecule has 0 heteroatoms. The quantitative estimate of drug-likeness (QED) is 0.0716. The maximum absolute atomic E-state index is 2.68. The van der Waals surface area contributed by atoms with E-state index in [1.54, 1.807) is 33.4 Å². The first-order valence-corrected chi connectivity index (χ1v) is 28.5. The monoisotopic (exact) mass is 929 g/mol. The highest BCUT2D eigenvalue weighted by Gasteiger charge is 2.48. The van der Waals surface area contributed by atoms with Gasteiger partial charge in [-0.15, -0.1) is 0 Å². The molecule has 0 radical (unpaired) electrons. The van der Waals surface area contributed by atoms with E-state index >= 15 is 0 Å². The lowest BCUT2D eigenvalue weighted by atomic mass is 9.65. The molecule has 0 fully saturated rings. The largest absolute Gasteiger partial charge is 0.0651 e. The molecule has 0 bridgehead atoms. The van der Waals surface area contributed by atoms with Crippen molar-refractivity contribution in [2.75, 3.05) is 0 Å². The van der Waals surface area contributed by atoms with Crippen molar-refractivity contribution in [3.8, 4) is 55.6 Å². The first-order chi connectivity index (χ1) is 33.7. The van der Waals surface area contributed by atoms with Crippen molar-refractivity contribution in [1.29, 1.82) is 0 Å². The summed E-state index contributed by atoms with van der Waals surface area (Å²) in [6, 6.07) is 47.4. The molecule has 6 aromatic rings. The summed E-state index contributed by atoms with van der Waals surface area (Å²) in [6.45, 7) is 31.7. The van der Waals surface area contributed by atoms with Crippen LogP contribution in [0.2, 0.25) is 0 Å². The first-order valence-electron chi connectivity index (χ1n) is 28.5. The van der Waals surface area contributed by atoms with Crippen LogP contribution in [-0.2, 0) is 16.2 Å². The van der Waals surface area contributed by atoms with Gasteiger partial charge in [-0.05, 0) is 194 Å². The Morgan fingerprint density at radius 2 is 0.529 bits per heavy atom. The predicted molar refractivity (Wildman–Crippen MR) is 305 cm³/mol. The van der Waals surface area contributed by atoms with Crippen LogP contribution >= 0.6 is 0 Å². The Labute approximate surface area is 426 Å². The van der Waals surface area contributed by atoms with Crippen molar-refractivity contribution in [2.45, 2.75) is 183 Å².